The first-order valence-electron chi connectivity index (χ1n) is 11.0. The fraction of sp³-hybridized carbons (Fsp3) is 0.292. The highest BCUT2D eigenvalue weighted by molar-refractivity contribution is 7.19. The fourth-order valence-electron chi connectivity index (χ4n) is 4.27. The Hall–Kier alpha value is -3.59. The van der Waals surface area contributed by atoms with E-state index in [9.17, 15) is 4.79 Å². The third-order valence-corrected chi connectivity index (χ3v) is 6.65. The number of fused-ring (bicyclic) bond motifs is 3. The van der Waals surface area contributed by atoms with Crippen LogP contribution in [0.3, 0.4) is 0 Å². The van der Waals surface area contributed by atoms with Crippen LogP contribution in [0.2, 0.25) is 0 Å². The second kappa shape index (κ2) is 8.74. The van der Waals surface area contributed by atoms with Crippen molar-refractivity contribution in [2.75, 3.05) is 17.2 Å². The molecule has 0 saturated carbocycles. The molecule has 0 saturated heterocycles. The van der Waals surface area contributed by atoms with E-state index in [-0.39, 0.29) is 11.8 Å². The van der Waals surface area contributed by atoms with Crippen molar-refractivity contribution >= 4 is 28.2 Å². The van der Waals surface area contributed by atoms with Crippen molar-refractivity contribution in [2.24, 2.45) is 0 Å². The number of pyridine rings is 2. The van der Waals surface area contributed by atoms with Crippen LogP contribution in [0.1, 0.15) is 43.5 Å². The van der Waals surface area contributed by atoms with Gasteiger partial charge >= 0.3 is 0 Å². The van der Waals surface area contributed by atoms with Gasteiger partial charge in [0.15, 0.2) is 5.13 Å². The maximum absolute atomic E-state index is 11.6. The van der Waals surface area contributed by atoms with Gasteiger partial charge in [0, 0.05) is 43.2 Å². The summed E-state index contributed by atoms with van der Waals surface area (Å²) in [5, 5.41) is 11.8. The minimum Gasteiger partial charge on any atom is -0.370 e. The number of hydrogen-bond acceptors (Lipinski definition) is 7. The molecule has 1 unspecified atom stereocenters. The highest BCUT2D eigenvalue weighted by Gasteiger charge is 2.33. The number of thiazole rings is 1. The van der Waals surface area contributed by atoms with Crippen LogP contribution in [0.4, 0.5) is 10.9 Å². The molecule has 168 valence electrons. The zero-order chi connectivity index (χ0) is 22.9. The number of nitrogens with zero attached hydrogens (tertiary/aromatic N) is 5. The van der Waals surface area contributed by atoms with Gasteiger partial charge < -0.3 is 10.6 Å². The Morgan fingerprint density at radius 2 is 2.15 bits per heavy atom. The lowest BCUT2D eigenvalue weighted by atomic mass is 9.86. The van der Waals surface area contributed by atoms with Crippen molar-refractivity contribution in [3.63, 3.8) is 0 Å². The molecule has 1 atom stereocenters. The highest BCUT2D eigenvalue weighted by Crippen LogP contribution is 2.47. The zero-order valence-corrected chi connectivity index (χ0v) is 19.6. The molecule has 4 aromatic rings. The number of aromatic nitrogens is 5. The molecular weight excluding hydrogens is 434 g/mol. The van der Waals surface area contributed by atoms with Crippen LogP contribution in [0.5, 0.6) is 0 Å². The average Bonchev–Trinajstić information content (AvgIpc) is 3.36. The Bertz CT molecular complexity index is 1290. The van der Waals surface area contributed by atoms with Crippen molar-refractivity contribution in [3.05, 3.63) is 59.7 Å². The molecule has 8 nitrogen and oxygen atoms in total. The number of amides is 1. The predicted molar refractivity (Wildman–Crippen MR) is 130 cm³/mol. The lowest BCUT2D eigenvalue weighted by molar-refractivity contribution is -0.114. The molecule has 1 amide bonds. The molecule has 4 aromatic heterocycles. The number of nitrogens with one attached hydrogen (secondary N) is 2. The molecule has 0 bridgehead atoms. The molecule has 0 fully saturated rings. The van der Waals surface area contributed by atoms with Gasteiger partial charge in [-0.3, -0.25) is 14.5 Å². The van der Waals surface area contributed by atoms with E-state index in [1.54, 1.807) is 6.20 Å². The smallest absolute Gasteiger partial charge is 0.223 e. The number of hydrogen-bond donors (Lipinski definition) is 2. The quantitative estimate of drug-likeness (QED) is 0.439. The van der Waals surface area contributed by atoms with Crippen LogP contribution in [0, 0.1) is 0 Å². The van der Waals surface area contributed by atoms with Crippen molar-refractivity contribution in [1.82, 2.24) is 24.7 Å². The number of carbonyl (C=O) groups excluding carboxylic acids is 1. The van der Waals surface area contributed by atoms with Crippen LogP contribution < -0.4 is 10.6 Å². The summed E-state index contributed by atoms with van der Waals surface area (Å²) < 4.78 is 2.05. The molecule has 33 heavy (non-hydrogen) atoms. The van der Waals surface area contributed by atoms with Gasteiger partial charge in [0.2, 0.25) is 5.91 Å². The Morgan fingerprint density at radius 3 is 2.85 bits per heavy atom. The Kier molecular flexibility index (Phi) is 5.63. The zero-order valence-electron chi connectivity index (χ0n) is 18.8. The largest absolute Gasteiger partial charge is 0.370 e. The molecule has 0 spiro atoms. The Morgan fingerprint density at radius 1 is 1.27 bits per heavy atom. The van der Waals surface area contributed by atoms with E-state index in [1.807, 2.05) is 29.2 Å². The lowest BCUT2D eigenvalue weighted by Crippen LogP contribution is -2.11. The molecule has 5 rings (SSSR count). The monoisotopic (exact) mass is 459 g/mol. The van der Waals surface area contributed by atoms with Crippen LogP contribution >= 0.6 is 11.3 Å². The fourth-order valence-corrected chi connectivity index (χ4v) is 5.37. The molecule has 4 heterocycles. The third-order valence-electron chi connectivity index (χ3n) is 5.63. The SMILES string of the molecule is CCNc1ccc(-c2nn(Cc3cccnc3)c3c2C(C)Cc2nc(NC(C)=O)sc2-3)cn1. The lowest BCUT2D eigenvalue weighted by Gasteiger charge is -2.20. The summed E-state index contributed by atoms with van der Waals surface area (Å²) in [6.45, 7) is 7.18. The van der Waals surface area contributed by atoms with Crippen molar-refractivity contribution in [2.45, 2.75) is 39.7 Å². The second-order valence-corrected chi connectivity index (χ2v) is 9.17. The standard InChI is InChI=1S/C24H25N7OS/c1-4-26-19-8-7-17(12-27-19)21-20-14(2)10-18-23(33-24(29-18)28-15(3)32)22(20)31(30-21)13-16-6-5-9-25-11-16/h5-9,11-12,14H,4,10,13H2,1-3H3,(H,26,27)(H,28,29,32). The molecular formula is C24H25N7OS. The molecule has 9 heteroatoms. The molecule has 0 aliphatic heterocycles. The van der Waals surface area contributed by atoms with E-state index in [0.29, 0.717) is 11.7 Å². The summed E-state index contributed by atoms with van der Waals surface area (Å²) in [6.07, 6.45) is 6.32. The van der Waals surface area contributed by atoms with Crippen LogP contribution in [-0.4, -0.2) is 37.2 Å². The van der Waals surface area contributed by atoms with Gasteiger partial charge in [-0.2, -0.15) is 5.10 Å². The van der Waals surface area contributed by atoms with Crippen LogP contribution in [-0.2, 0) is 17.8 Å². The molecule has 1 aliphatic rings. The molecule has 0 aromatic carbocycles. The van der Waals surface area contributed by atoms with Gasteiger partial charge in [-0.05, 0) is 43.0 Å². The predicted octanol–water partition coefficient (Wildman–Crippen LogP) is 4.56. The van der Waals surface area contributed by atoms with E-state index in [4.69, 9.17) is 10.1 Å². The van der Waals surface area contributed by atoms with Crippen molar-refractivity contribution < 1.29 is 4.79 Å². The summed E-state index contributed by atoms with van der Waals surface area (Å²) in [5.74, 6) is 0.958. The Labute approximate surface area is 196 Å². The molecule has 2 N–H and O–H groups in total. The number of rotatable bonds is 6. The van der Waals surface area contributed by atoms with E-state index in [0.717, 1.165) is 51.9 Å². The summed E-state index contributed by atoms with van der Waals surface area (Å²) in [5.41, 5.74) is 6.26. The van der Waals surface area contributed by atoms with Crippen molar-refractivity contribution in [3.8, 4) is 21.8 Å². The Balaban J connectivity index is 1.66. The summed E-state index contributed by atoms with van der Waals surface area (Å²) in [7, 11) is 0. The van der Waals surface area contributed by atoms with Gasteiger partial charge in [0.25, 0.3) is 0 Å². The topological polar surface area (TPSA) is 97.6 Å². The minimum absolute atomic E-state index is 0.120. The van der Waals surface area contributed by atoms with Crippen LogP contribution in [0.25, 0.3) is 21.8 Å². The van der Waals surface area contributed by atoms with Gasteiger partial charge in [-0.15, -0.1) is 0 Å². The van der Waals surface area contributed by atoms with Gasteiger partial charge in [-0.1, -0.05) is 24.3 Å². The highest BCUT2D eigenvalue weighted by atomic mass is 32.1. The number of carbonyl (C=O) groups is 1. The van der Waals surface area contributed by atoms with E-state index >= 15 is 0 Å². The first-order chi connectivity index (χ1) is 16.0. The van der Waals surface area contributed by atoms with Crippen LogP contribution in [0.15, 0.2) is 42.9 Å². The summed E-state index contributed by atoms with van der Waals surface area (Å²) in [6, 6.07) is 8.05. The average molecular weight is 460 g/mol. The molecule has 0 radical (unpaired) electrons. The van der Waals surface area contributed by atoms with Gasteiger partial charge in [0.05, 0.1) is 28.5 Å². The maximum Gasteiger partial charge on any atom is 0.223 e. The van der Waals surface area contributed by atoms with Crippen molar-refractivity contribution in [1.29, 1.82) is 0 Å². The van der Waals surface area contributed by atoms with Gasteiger partial charge in [-0.25, -0.2) is 9.97 Å². The van der Waals surface area contributed by atoms with Gasteiger partial charge in [0.1, 0.15) is 5.82 Å². The normalized spacial score (nSPS) is 14.5. The first kappa shape index (κ1) is 21.3. The van der Waals surface area contributed by atoms with E-state index in [1.165, 1.54) is 23.8 Å². The summed E-state index contributed by atoms with van der Waals surface area (Å²) in [4.78, 5) is 26.2. The third kappa shape index (κ3) is 4.11. The number of anilines is 2. The summed E-state index contributed by atoms with van der Waals surface area (Å²) >= 11 is 1.51. The minimum atomic E-state index is -0.120. The van der Waals surface area contributed by atoms with E-state index in [2.05, 4.69) is 46.6 Å². The first-order valence-corrected chi connectivity index (χ1v) is 11.8. The maximum atomic E-state index is 11.6. The molecule has 1 aliphatic carbocycles. The second-order valence-electron chi connectivity index (χ2n) is 8.17. The van der Waals surface area contributed by atoms with E-state index < -0.39 is 0 Å².